The second-order valence-electron chi connectivity index (χ2n) is 6.62. The van der Waals surface area contributed by atoms with Crippen molar-refractivity contribution >= 4 is 17.4 Å². The highest BCUT2D eigenvalue weighted by molar-refractivity contribution is 6.46. The van der Waals surface area contributed by atoms with Gasteiger partial charge < -0.3 is 10.0 Å². The number of amides is 1. The molecule has 1 aliphatic heterocycles. The Balaban J connectivity index is 2.09. The van der Waals surface area contributed by atoms with Gasteiger partial charge in [0.25, 0.3) is 11.7 Å². The lowest BCUT2D eigenvalue weighted by Gasteiger charge is -2.25. The van der Waals surface area contributed by atoms with E-state index in [-0.39, 0.29) is 11.3 Å². The summed E-state index contributed by atoms with van der Waals surface area (Å²) in [4.78, 5) is 26.9. The van der Waals surface area contributed by atoms with Crippen LogP contribution in [-0.2, 0) is 9.59 Å². The molecule has 0 radical (unpaired) electrons. The lowest BCUT2D eigenvalue weighted by Crippen LogP contribution is -2.30. The highest BCUT2D eigenvalue weighted by Crippen LogP contribution is 2.39. The third-order valence-corrected chi connectivity index (χ3v) is 4.78. The number of carbonyl (C=O) groups excluding carboxylic acids is 2. The zero-order valence-electron chi connectivity index (χ0n) is 15.2. The molecule has 0 aromatic heterocycles. The first kappa shape index (κ1) is 18.8. The van der Waals surface area contributed by atoms with Crippen LogP contribution in [0.3, 0.4) is 0 Å². The molecule has 1 unspecified atom stereocenters. The van der Waals surface area contributed by atoms with Gasteiger partial charge in [-0.3, -0.25) is 9.59 Å². The summed E-state index contributed by atoms with van der Waals surface area (Å²) in [6, 6.07) is 13.8. The number of rotatable bonds is 6. The Morgan fingerprint density at radius 2 is 1.70 bits per heavy atom. The molecule has 1 aliphatic rings. The Morgan fingerprint density at radius 3 is 2.33 bits per heavy atom. The summed E-state index contributed by atoms with van der Waals surface area (Å²) in [5.41, 5.74) is 1.12. The first-order valence-electron chi connectivity index (χ1n) is 9.14. The summed E-state index contributed by atoms with van der Waals surface area (Å²) in [5.74, 6) is -2.03. The molecule has 1 heterocycles. The van der Waals surface area contributed by atoms with Crippen LogP contribution < -0.4 is 0 Å². The van der Waals surface area contributed by atoms with E-state index in [4.69, 9.17) is 0 Å². The maximum absolute atomic E-state index is 13.2. The number of aliphatic hydroxyl groups is 1. The fraction of sp³-hybridized carbons (Fsp3) is 0.273. The quantitative estimate of drug-likeness (QED) is 0.355. The fourth-order valence-corrected chi connectivity index (χ4v) is 3.39. The second-order valence-corrected chi connectivity index (χ2v) is 6.62. The topological polar surface area (TPSA) is 57.6 Å². The number of hydrogen-bond donors (Lipinski definition) is 1. The van der Waals surface area contributed by atoms with Gasteiger partial charge in [-0.05, 0) is 36.2 Å². The standard InChI is InChI=1S/C22H22FNO3/c1-2-3-7-14-24-19(15-8-5-4-6-9-15)18(21(26)22(24)27)20(25)16-10-12-17(23)13-11-16/h4-6,8-13,19,25H,2-3,7,14H2,1H3/b20-18-. The molecule has 5 heteroatoms. The van der Waals surface area contributed by atoms with Crippen molar-refractivity contribution in [2.75, 3.05) is 6.54 Å². The van der Waals surface area contributed by atoms with E-state index < -0.39 is 23.5 Å². The molecule has 0 bridgehead atoms. The minimum absolute atomic E-state index is 0.0503. The van der Waals surface area contributed by atoms with Crippen molar-refractivity contribution in [2.24, 2.45) is 0 Å². The van der Waals surface area contributed by atoms with Crippen molar-refractivity contribution in [1.82, 2.24) is 4.90 Å². The molecule has 1 saturated heterocycles. The summed E-state index contributed by atoms with van der Waals surface area (Å²) < 4.78 is 13.2. The normalized spacial score (nSPS) is 18.9. The molecule has 140 valence electrons. The van der Waals surface area contributed by atoms with Crippen molar-refractivity contribution in [1.29, 1.82) is 0 Å². The lowest BCUT2D eigenvalue weighted by atomic mass is 9.95. The van der Waals surface area contributed by atoms with Crippen LogP contribution in [-0.4, -0.2) is 28.2 Å². The Kier molecular flexibility index (Phi) is 5.69. The summed E-state index contributed by atoms with van der Waals surface area (Å²) in [5, 5.41) is 10.8. The number of likely N-dealkylation sites (tertiary alicyclic amines) is 1. The van der Waals surface area contributed by atoms with Crippen LogP contribution in [0.1, 0.15) is 43.4 Å². The molecule has 2 aromatic carbocycles. The number of hydrogen-bond acceptors (Lipinski definition) is 3. The van der Waals surface area contributed by atoms with Gasteiger partial charge in [-0.15, -0.1) is 0 Å². The fourth-order valence-electron chi connectivity index (χ4n) is 3.39. The molecule has 1 fully saturated rings. The number of benzene rings is 2. The Bertz CT molecular complexity index is 859. The van der Waals surface area contributed by atoms with E-state index in [2.05, 4.69) is 6.92 Å². The second kappa shape index (κ2) is 8.16. The Hall–Kier alpha value is -2.95. The van der Waals surface area contributed by atoms with Crippen LogP contribution in [0.15, 0.2) is 60.2 Å². The molecule has 1 amide bonds. The summed E-state index contributed by atoms with van der Waals surface area (Å²) in [7, 11) is 0. The van der Waals surface area contributed by atoms with Gasteiger partial charge in [0, 0.05) is 12.1 Å². The zero-order valence-corrected chi connectivity index (χ0v) is 15.2. The van der Waals surface area contributed by atoms with E-state index in [1.165, 1.54) is 29.2 Å². The van der Waals surface area contributed by atoms with Gasteiger partial charge in [0.15, 0.2) is 0 Å². The molecule has 0 spiro atoms. The molecular formula is C22H22FNO3. The van der Waals surface area contributed by atoms with E-state index in [0.717, 1.165) is 24.8 Å². The number of ketones is 1. The molecule has 0 saturated carbocycles. The van der Waals surface area contributed by atoms with E-state index in [0.29, 0.717) is 12.1 Å². The van der Waals surface area contributed by atoms with Crippen LogP contribution in [0.4, 0.5) is 4.39 Å². The summed E-state index contributed by atoms with van der Waals surface area (Å²) in [6.07, 6.45) is 2.72. The SMILES string of the molecule is CCCCCN1C(=O)C(=O)/C(=C(\O)c2ccc(F)cc2)C1c1ccccc1. The maximum Gasteiger partial charge on any atom is 0.295 e. The van der Waals surface area contributed by atoms with Crippen molar-refractivity contribution in [2.45, 2.75) is 32.2 Å². The molecule has 1 N–H and O–H groups in total. The van der Waals surface area contributed by atoms with Crippen molar-refractivity contribution in [3.05, 3.63) is 77.1 Å². The van der Waals surface area contributed by atoms with E-state index in [9.17, 15) is 19.1 Å². The van der Waals surface area contributed by atoms with E-state index >= 15 is 0 Å². The van der Waals surface area contributed by atoms with Crippen LogP contribution in [0.25, 0.3) is 5.76 Å². The predicted molar refractivity (Wildman–Crippen MR) is 101 cm³/mol. The number of nitrogens with zero attached hydrogens (tertiary/aromatic N) is 1. The van der Waals surface area contributed by atoms with Gasteiger partial charge in [-0.25, -0.2) is 4.39 Å². The minimum atomic E-state index is -0.706. The van der Waals surface area contributed by atoms with Crippen LogP contribution in [0.2, 0.25) is 0 Å². The summed E-state index contributed by atoms with van der Waals surface area (Å²) >= 11 is 0. The zero-order chi connectivity index (χ0) is 19.4. The molecular weight excluding hydrogens is 345 g/mol. The average molecular weight is 367 g/mol. The van der Waals surface area contributed by atoms with Crippen LogP contribution in [0, 0.1) is 5.82 Å². The van der Waals surface area contributed by atoms with Crippen molar-refractivity contribution in [3.8, 4) is 0 Å². The van der Waals surface area contributed by atoms with Gasteiger partial charge in [0.05, 0.1) is 11.6 Å². The molecule has 3 rings (SSSR count). The third-order valence-electron chi connectivity index (χ3n) is 4.78. The number of aliphatic hydroxyl groups excluding tert-OH is 1. The maximum atomic E-state index is 13.2. The number of Topliss-reactive ketones (excluding diaryl/α,β-unsaturated/α-hetero) is 1. The number of unbranched alkanes of at least 4 members (excludes halogenated alkanes) is 2. The van der Waals surface area contributed by atoms with Crippen molar-refractivity contribution in [3.63, 3.8) is 0 Å². The van der Waals surface area contributed by atoms with Crippen molar-refractivity contribution < 1.29 is 19.1 Å². The van der Waals surface area contributed by atoms with Crippen LogP contribution in [0.5, 0.6) is 0 Å². The van der Waals surface area contributed by atoms with Gasteiger partial charge in [-0.1, -0.05) is 50.1 Å². The van der Waals surface area contributed by atoms with Crippen LogP contribution >= 0.6 is 0 Å². The average Bonchev–Trinajstić information content (AvgIpc) is 2.94. The predicted octanol–water partition coefficient (Wildman–Crippen LogP) is 4.44. The first-order chi connectivity index (χ1) is 13.0. The molecule has 4 nitrogen and oxygen atoms in total. The highest BCUT2D eigenvalue weighted by atomic mass is 19.1. The van der Waals surface area contributed by atoms with Gasteiger partial charge in [0.1, 0.15) is 11.6 Å². The van der Waals surface area contributed by atoms with E-state index in [1.54, 1.807) is 0 Å². The molecule has 2 aromatic rings. The number of halogens is 1. The van der Waals surface area contributed by atoms with Gasteiger partial charge in [0.2, 0.25) is 0 Å². The van der Waals surface area contributed by atoms with E-state index in [1.807, 2.05) is 30.3 Å². The first-order valence-corrected chi connectivity index (χ1v) is 9.14. The minimum Gasteiger partial charge on any atom is -0.507 e. The lowest BCUT2D eigenvalue weighted by molar-refractivity contribution is -0.139. The molecule has 1 atom stereocenters. The molecule has 0 aliphatic carbocycles. The largest absolute Gasteiger partial charge is 0.507 e. The van der Waals surface area contributed by atoms with Gasteiger partial charge in [-0.2, -0.15) is 0 Å². The Labute approximate surface area is 157 Å². The molecule has 27 heavy (non-hydrogen) atoms. The number of carbonyl (C=O) groups is 2. The summed E-state index contributed by atoms with van der Waals surface area (Å²) in [6.45, 7) is 2.51. The Morgan fingerprint density at radius 1 is 1.04 bits per heavy atom. The third kappa shape index (κ3) is 3.77. The smallest absolute Gasteiger partial charge is 0.295 e. The monoisotopic (exact) mass is 367 g/mol. The van der Waals surface area contributed by atoms with Gasteiger partial charge >= 0.3 is 0 Å². The highest BCUT2D eigenvalue weighted by Gasteiger charge is 2.45.